The summed E-state index contributed by atoms with van der Waals surface area (Å²) >= 11 is 0. The Morgan fingerprint density at radius 3 is 2.57 bits per heavy atom. The van der Waals surface area contributed by atoms with Crippen molar-refractivity contribution in [2.75, 3.05) is 31.1 Å². The highest BCUT2D eigenvalue weighted by Gasteiger charge is 2.25. The van der Waals surface area contributed by atoms with Crippen LogP contribution in [0, 0.1) is 28.5 Å². The number of piperazine rings is 1. The van der Waals surface area contributed by atoms with Crippen LogP contribution in [-0.4, -0.2) is 42.0 Å². The molecule has 0 unspecified atom stereocenters. The lowest BCUT2D eigenvalue weighted by Gasteiger charge is -2.36. The number of anilines is 1. The van der Waals surface area contributed by atoms with E-state index in [1.54, 1.807) is 23.2 Å². The second-order valence-electron chi connectivity index (χ2n) is 6.42. The molecular weight excluding hydrogens is 361 g/mol. The van der Waals surface area contributed by atoms with E-state index in [2.05, 4.69) is 4.98 Å². The number of benzene rings is 1. The highest BCUT2D eigenvalue weighted by Crippen LogP contribution is 2.24. The third-order valence-electron chi connectivity index (χ3n) is 4.71. The van der Waals surface area contributed by atoms with Crippen LogP contribution < -0.4 is 4.90 Å². The summed E-state index contributed by atoms with van der Waals surface area (Å²) in [5, 5.41) is 18.6. The second kappa shape index (κ2) is 7.01. The standard InChI is InChI=1S/C20H14FN5O2/c21-15-5-13(9-22)6-16(8-15)25-1-3-26(4-2-25)20(27)18-12-24-11-14-7-17(10-23)28-19(14)18/h5-8,11-12H,1-4H2. The van der Waals surface area contributed by atoms with Crippen molar-refractivity contribution < 1.29 is 13.6 Å². The summed E-state index contributed by atoms with van der Waals surface area (Å²) in [6.45, 7) is 1.87. The number of nitrogens with zero attached hydrogens (tertiary/aromatic N) is 5. The molecule has 1 aromatic carbocycles. The van der Waals surface area contributed by atoms with Crippen molar-refractivity contribution in [3.8, 4) is 12.1 Å². The number of aromatic nitrogens is 1. The summed E-state index contributed by atoms with van der Waals surface area (Å²) in [6.07, 6.45) is 2.98. The van der Waals surface area contributed by atoms with Crippen molar-refractivity contribution >= 4 is 22.6 Å². The van der Waals surface area contributed by atoms with Crippen LogP contribution in [0.2, 0.25) is 0 Å². The summed E-state index contributed by atoms with van der Waals surface area (Å²) in [5.41, 5.74) is 1.54. The fraction of sp³-hybridized carbons (Fsp3) is 0.200. The average Bonchev–Trinajstić information content (AvgIpc) is 3.16. The Labute approximate surface area is 159 Å². The minimum atomic E-state index is -0.462. The van der Waals surface area contributed by atoms with Crippen LogP contribution >= 0.6 is 0 Å². The Hall–Kier alpha value is -3.91. The number of hydrogen-bond donors (Lipinski definition) is 0. The Bertz CT molecular complexity index is 1150. The van der Waals surface area contributed by atoms with Gasteiger partial charge in [-0.05, 0) is 18.2 Å². The summed E-state index contributed by atoms with van der Waals surface area (Å²) in [7, 11) is 0. The first-order valence-corrected chi connectivity index (χ1v) is 8.61. The molecule has 0 radical (unpaired) electrons. The van der Waals surface area contributed by atoms with Gasteiger partial charge in [0.2, 0.25) is 5.76 Å². The molecule has 1 fully saturated rings. The van der Waals surface area contributed by atoms with Gasteiger partial charge in [-0.2, -0.15) is 10.5 Å². The highest BCUT2D eigenvalue weighted by atomic mass is 19.1. The van der Waals surface area contributed by atoms with Gasteiger partial charge in [-0.15, -0.1) is 0 Å². The monoisotopic (exact) mass is 375 g/mol. The zero-order valence-electron chi connectivity index (χ0n) is 14.7. The molecule has 2 aromatic heterocycles. The topological polar surface area (TPSA) is 97.2 Å². The van der Waals surface area contributed by atoms with Gasteiger partial charge in [-0.1, -0.05) is 0 Å². The van der Waals surface area contributed by atoms with Crippen molar-refractivity contribution in [1.82, 2.24) is 9.88 Å². The zero-order valence-corrected chi connectivity index (χ0v) is 14.7. The van der Waals surface area contributed by atoms with Gasteiger partial charge in [0.25, 0.3) is 5.91 Å². The molecule has 0 spiro atoms. The lowest BCUT2D eigenvalue weighted by molar-refractivity contribution is 0.0747. The van der Waals surface area contributed by atoms with E-state index in [0.29, 0.717) is 48.4 Å². The van der Waals surface area contributed by atoms with Gasteiger partial charge in [0.15, 0.2) is 5.58 Å². The molecule has 4 rings (SSSR count). The molecule has 7 nitrogen and oxygen atoms in total. The smallest absolute Gasteiger partial charge is 0.259 e. The molecule has 138 valence electrons. The number of amides is 1. The Morgan fingerprint density at radius 1 is 1.07 bits per heavy atom. The molecule has 0 bridgehead atoms. The van der Waals surface area contributed by atoms with E-state index in [9.17, 15) is 9.18 Å². The molecule has 8 heteroatoms. The predicted octanol–water partition coefficient (Wildman–Crippen LogP) is 2.67. The number of hydrogen-bond acceptors (Lipinski definition) is 6. The van der Waals surface area contributed by atoms with Crippen LogP contribution in [0.4, 0.5) is 10.1 Å². The summed E-state index contributed by atoms with van der Waals surface area (Å²) < 4.78 is 19.2. The molecule has 0 saturated carbocycles. The largest absolute Gasteiger partial charge is 0.445 e. The average molecular weight is 375 g/mol. The molecule has 1 saturated heterocycles. The second-order valence-corrected chi connectivity index (χ2v) is 6.42. The Kier molecular flexibility index (Phi) is 4.38. The van der Waals surface area contributed by atoms with E-state index in [1.807, 2.05) is 17.0 Å². The van der Waals surface area contributed by atoms with Gasteiger partial charge in [0.05, 0.1) is 11.6 Å². The number of nitriles is 2. The van der Waals surface area contributed by atoms with Crippen molar-refractivity contribution in [3.63, 3.8) is 0 Å². The Morgan fingerprint density at radius 2 is 1.86 bits per heavy atom. The predicted molar refractivity (Wildman–Crippen MR) is 98.0 cm³/mol. The van der Waals surface area contributed by atoms with Crippen LogP contribution in [0.15, 0.2) is 41.1 Å². The van der Waals surface area contributed by atoms with Crippen molar-refractivity contribution in [1.29, 1.82) is 10.5 Å². The molecule has 1 aliphatic heterocycles. The van der Waals surface area contributed by atoms with Gasteiger partial charge in [-0.3, -0.25) is 9.78 Å². The van der Waals surface area contributed by atoms with Gasteiger partial charge in [-0.25, -0.2) is 4.39 Å². The minimum absolute atomic E-state index is 0.126. The summed E-state index contributed by atoms with van der Waals surface area (Å²) in [6, 6.07) is 9.63. The van der Waals surface area contributed by atoms with Crippen molar-refractivity contribution in [2.24, 2.45) is 0 Å². The van der Waals surface area contributed by atoms with Crippen LogP contribution in [0.5, 0.6) is 0 Å². The SMILES string of the molecule is N#Cc1cc(F)cc(N2CCN(C(=O)c3cncc4cc(C#N)oc34)CC2)c1. The van der Waals surface area contributed by atoms with Crippen LogP contribution in [-0.2, 0) is 0 Å². The maximum absolute atomic E-state index is 13.7. The molecule has 1 aliphatic rings. The first kappa shape index (κ1) is 17.5. The zero-order chi connectivity index (χ0) is 19.7. The normalized spacial score (nSPS) is 14.0. The number of pyridine rings is 1. The summed E-state index contributed by atoms with van der Waals surface area (Å²) in [4.78, 5) is 20.6. The quantitative estimate of drug-likeness (QED) is 0.683. The summed E-state index contributed by atoms with van der Waals surface area (Å²) in [5.74, 6) is -0.564. The molecule has 3 heterocycles. The van der Waals surface area contributed by atoms with Crippen molar-refractivity contribution in [2.45, 2.75) is 0 Å². The maximum atomic E-state index is 13.7. The number of carbonyl (C=O) groups excluding carboxylic acids is 1. The van der Waals surface area contributed by atoms with Crippen LogP contribution in [0.25, 0.3) is 11.0 Å². The van der Waals surface area contributed by atoms with E-state index in [4.69, 9.17) is 14.9 Å². The molecule has 3 aromatic rings. The van der Waals surface area contributed by atoms with Crippen LogP contribution in [0.3, 0.4) is 0 Å². The molecule has 1 amide bonds. The third kappa shape index (κ3) is 3.12. The third-order valence-corrected chi connectivity index (χ3v) is 4.71. The first-order chi connectivity index (χ1) is 13.6. The van der Waals surface area contributed by atoms with E-state index < -0.39 is 5.82 Å². The number of fused-ring (bicyclic) bond motifs is 1. The fourth-order valence-electron chi connectivity index (χ4n) is 3.33. The van der Waals surface area contributed by atoms with Gasteiger partial charge < -0.3 is 14.2 Å². The van der Waals surface area contributed by atoms with Gasteiger partial charge in [0, 0.05) is 55.7 Å². The Balaban J connectivity index is 1.52. The van der Waals surface area contributed by atoms with Crippen LogP contribution in [0.1, 0.15) is 21.7 Å². The van der Waals surface area contributed by atoms with Gasteiger partial charge >= 0.3 is 0 Å². The lowest BCUT2D eigenvalue weighted by atomic mass is 10.1. The lowest BCUT2D eigenvalue weighted by Crippen LogP contribution is -2.48. The van der Waals surface area contributed by atoms with Crippen molar-refractivity contribution in [3.05, 3.63) is 59.4 Å². The minimum Gasteiger partial charge on any atom is -0.445 e. The number of carbonyl (C=O) groups is 1. The highest BCUT2D eigenvalue weighted by molar-refractivity contribution is 6.04. The molecule has 0 aliphatic carbocycles. The van der Waals surface area contributed by atoms with E-state index >= 15 is 0 Å². The molecule has 0 N–H and O–H groups in total. The first-order valence-electron chi connectivity index (χ1n) is 8.61. The number of rotatable bonds is 2. The molecule has 28 heavy (non-hydrogen) atoms. The molecule has 0 atom stereocenters. The number of furan rings is 1. The molecular formula is C20H14FN5O2. The van der Waals surface area contributed by atoms with E-state index in [1.165, 1.54) is 18.3 Å². The van der Waals surface area contributed by atoms with E-state index in [0.717, 1.165) is 0 Å². The van der Waals surface area contributed by atoms with E-state index in [-0.39, 0.29) is 17.2 Å². The van der Waals surface area contributed by atoms with Gasteiger partial charge in [0.1, 0.15) is 17.4 Å². The number of halogens is 1. The maximum Gasteiger partial charge on any atom is 0.259 e. The fourth-order valence-corrected chi connectivity index (χ4v) is 3.33.